The molecule has 5 nitrogen and oxygen atoms in total. The molecule has 27 heavy (non-hydrogen) atoms. The minimum Gasteiger partial charge on any atom is -0.337 e. The average Bonchev–Trinajstić information content (AvgIpc) is 3.12. The first-order valence-corrected chi connectivity index (χ1v) is 9.71. The smallest absolute Gasteiger partial charge is 0.122 e. The van der Waals surface area contributed by atoms with Crippen molar-refractivity contribution >= 4 is 0 Å². The summed E-state index contributed by atoms with van der Waals surface area (Å²) in [5, 5.41) is 7.14. The third-order valence-corrected chi connectivity index (χ3v) is 5.30. The second-order valence-corrected chi connectivity index (χ2v) is 7.25. The lowest BCUT2D eigenvalue weighted by Gasteiger charge is -2.25. The van der Waals surface area contributed by atoms with Gasteiger partial charge in [0.1, 0.15) is 5.82 Å². The van der Waals surface area contributed by atoms with E-state index in [-0.39, 0.29) is 0 Å². The van der Waals surface area contributed by atoms with Crippen LogP contribution in [0.5, 0.6) is 0 Å². The Morgan fingerprint density at radius 3 is 2.59 bits per heavy atom. The number of aromatic nitrogens is 3. The summed E-state index contributed by atoms with van der Waals surface area (Å²) in [6.07, 6.45) is 9.27. The number of aryl methyl sites for hydroxylation is 2. The van der Waals surface area contributed by atoms with Gasteiger partial charge in [0.25, 0.3) is 0 Å². The van der Waals surface area contributed by atoms with Gasteiger partial charge in [0.05, 0.1) is 18.3 Å². The van der Waals surface area contributed by atoms with Gasteiger partial charge in [0.2, 0.25) is 0 Å². The Morgan fingerprint density at radius 1 is 1.00 bits per heavy atom. The minimum absolute atomic E-state index is 0.370. The molecule has 3 aromatic rings. The van der Waals surface area contributed by atoms with E-state index in [9.17, 15) is 0 Å². The fourth-order valence-electron chi connectivity index (χ4n) is 3.71. The standard InChI is InChI=1S/C22H27N5/c1-27-13-12-24-21(27)16-23-14-17-7-9-18(10-8-17)15-26-20-6-2-4-19-5-3-11-25-22(19)20/h3,5,7-13,20,23,26H,2,4,6,14-16H2,1H3. The van der Waals surface area contributed by atoms with Gasteiger partial charge < -0.3 is 15.2 Å². The van der Waals surface area contributed by atoms with Crippen LogP contribution in [0.3, 0.4) is 0 Å². The largest absolute Gasteiger partial charge is 0.337 e. The van der Waals surface area contributed by atoms with Crippen molar-refractivity contribution in [1.82, 2.24) is 25.2 Å². The van der Waals surface area contributed by atoms with Gasteiger partial charge in [-0.1, -0.05) is 30.3 Å². The number of hydrogen-bond donors (Lipinski definition) is 2. The predicted molar refractivity (Wildman–Crippen MR) is 107 cm³/mol. The first kappa shape index (κ1) is 17.9. The summed E-state index contributed by atoms with van der Waals surface area (Å²) in [5.74, 6) is 1.05. The molecule has 2 heterocycles. The van der Waals surface area contributed by atoms with Gasteiger partial charge >= 0.3 is 0 Å². The van der Waals surface area contributed by atoms with Gasteiger partial charge in [-0.05, 0) is 42.0 Å². The Kier molecular flexibility index (Phi) is 5.61. The van der Waals surface area contributed by atoms with E-state index in [2.05, 4.69) is 50.9 Å². The molecule has 5 heteroatoms. The lowest BCUT2D eigenvalue weighted by Crippen LogP contribution is -2.25. The number of pyridine rings is 1. The van der Waals surface area contributed by atoms with Crippen LogP contribution in [0.2, 0.25) is 0 Å². The van der Waals surface area contributed by atoms with Crippen molar-refractivity contribution in [1.29, 1.82) is 0 Å². The highest BCUT2D eigenvalue weighted by Gasteiger charge is 2.20. The molecule has 0 amide bonds. The molecule has 1 aliphatic rings. The van der Waals surface area contributed by atoms with E-state index in [0.717, 1.165) is 31.9 Å². The fourth-order valence-corrected chi connectivity index (χ4v) is 3.71. The zero-order chi connectivity index (χ0) is 18.5. The second kappa shape index (κ2) is 8.46. The third kappa shape index (κ3) is 4.43. The van der Waals surface area contributed by atoms with Crippen LogP contribution in [0, 0.1) is 0 Å². The molecule has 0 spiro atoms. The van der Waals surface area contributed by atoms with Crippen molar-refractivity contribution in [3.8, 4) is 0 Å². The van der Waals surface area contributed by atoms with Crippen LogP contribution in [0.1, 0.15) is 47.1 Å². The van der Waals surface area contributed by atoms with Crippen molar-refractivity contribution in [3.63, 3.8) is 0 Å². The van der Waals surface area contributed by atoms with Crippen LogP contribution in [-0.2, 0) is 33.1 Å². The number of rotatable bonds is 7. The van der Waals surface area contributed by atoms with Gasteiger partial charge in [-0.3, -0.25) is 4.98 Å². The fraction of sp³-hybridized carbons (Fsp3) is 0.364. The molecule has 0 fully saturated rings. The van der Waals surface area contributed by atoms with Gasteiger partial charge in [-0.2, -0.15) is 0 Å². The molecule has 0 saturated carbocycles. The monoisotopic (exact) mass is 361 g/mol. The van der Waals surface area contributed by atoms with Crippen LogP contribution in [0.15, 0.2) is 55.0 Å². The van der Waals surface area contributed by atoms with E-state index >= 15 is 0 Å². The topological polar surface area (TPSA) is 54.8 Å². The maximum absolute atomic E-state index is 4.61. The van der Waals surface area contributed by atoms with E-state index < -0.39 is 0 Å². The van der Waals surface area contributed by atoms with E-state index in [4.69, 9.17) is 0 Å². The first-order chi connectivity index (χ1) is 13.3. The Hall–Kier alpha value is -2.50. The molecule has 0 radical (unpaired) electrons. The predicted octanol–water partition coefficient (Wildman–Crippen LogP) is 3.27. The number of benzene rings is 1. The van der Waals surface area contributed by atoms with Gasteiger partial charge in [0, 0.05) is 38.7 Å². The van der Waals surface area contributed by atoms with E-state index in [0.29, 0.717) is 6.04 Å². The number of nitrogens with one attached hydrogen (secondary N) is 2. The van der Waals surface area contributed by atoms with Gasteiger partial charge in [-0.25, -0.2) is 4.98 Å². The highest BCUT2D eigenvalue weighted by atomic mass is 15.1. The summed E-state index contributed by atoms with van der Waals surface area (Å²) in [7, 11) is 2.02. The van der Waals surface area contributed by atoms with E-state index in [1.807, 2.05) is 36.3 Å². The normalized spacial score (nSPS) is 16.3. The van der Waals surface area contributed by atoms with Crippen LogP contribution >= 0.6 is 0 Å². The molecular weight excluding hydrogens is 334 g/mol. The zero-order valence-electron chi connectivity index (χ0n) is 15.9. The number of fused-ring (bicyclic) bond motifs is 1. The molecule has 1 atom stereocenters. The molecule has 0 bridgehead atoms. The molecule has 2 N–H and O–H groups in total. The Morgan fingerprint density at radius 2 is 1.81 bits per heavy atom. The number of nitrogens with zero attached hydrogens (tertiary/aromatic N) is 3. The van der Waals surface area contributed by atoms with Crippen molar-refractivity contribution < 1.29 is 0 Å². The molecule has 1 unspecified atom stereocenters. The van der Waals surface area contributed by atoms with Crippen molar-refractivity contribution in [3.05, 3.63) is 83.2 Å². The summed E-state index contributed by atoms with van der Waals surface area (Å²) < 4.78 is 2.04. The third-order valence-electron chi connectivity index (χ3n) is 5.30. The Bertz CT molecular complexity index is 868. The molecule has 140 valence electrons. The van der Waals surface area contributed by atoms with Crippen LogP contribution < -0.4 is 10.6 Å². The van der Waals surface area contributed by atoms with E-state index in [1.54, 1.807) is 0 Å². The van der Waals surface area contributed by atoms with Crippen LogP contribution in [0.25, 0.3) is 0 Å². The average molecular weight is 361 g/mol. The second-order valence-electron chi connectivity index (χ2n) is 7.25. The Balaban J connectivity index is 1.28. The molecule has 1 aliphatic carbocycles. The summed E-state index contributed by atoms with van der Waals surface area (Å²) >= 11 is 0. The lowest BCUT2D eigenvalue weighted by atomic mass is 9.92. The van der Waals surface area contributed by atoms with Gasteiger partial charge in [-0.15, -0.1) is 0 Å². The molecule has 1 aromatic carbocycles. The van der Waals surface area contributed by atoms with Crippen molar-refractivity contribution in [2.24, 2.45) is 7.05 Å². The summed E-state index contributed by atoms with van der Waals surface area (Å²) in [4.78, 5) is 8.94. The highest BCUT2D eigenvalue weighted by molar-refractivity contribution is 5.26. The maximum atomic E-state index is 4.61. The van der Waals surface area contributed by atoms with Crippen molar-refractivity contribution in [2.75, 3.05) is 0 Å². The minimum atomic E-state index is 0.370. The molecule has 2 aromatic heterocycles. The zero-order valence-corrected chi connectivity index (χ0v) is 15.9. The quantitative estimate of drug-likeness (QED) is 0.678. The summed E-state index contributed by atoms with van der Waals surface area (Å²) in [5.41, 5.74) is 5.23. The maximum Gasteiger partial charge on any atom is 0.122 e. The Labute approximate surface area is 160 Å². The summed E-state index contributed by atoms with van der Waals surface area (Å²) in [6, 6.07) is 13.5. The van der Waals surface area contributed by atoms with Crippen LogP contribution in [-0.4, -0.2) is 14.5 Å². The molecule has 4 rings (SSSR count). The molecule has 0 saturated heterocycles. The molecular formula is C22H27N5. The van der Waals surface area contributed by atoms with Gasteiger partial charge in [0.15, 0.2) is 0 Å². The van der Waals surface area contributed by atoms with Crippen LogP contribution in [0.4, 0.5) is 0 Å². The SMILES string of the molecule is Cn1ccnc1CNCc1ccc(CNC2CCCc3cccnc32)cc1. The summed E-state index contributed by atoms with van der Waals surface area (Å²) in [6.45, 7) is 2.50. The lowest BCUT2D eigenvalue weighted by molar-refractivity contribution is 0.447. The van der Waals surface area contributed by atoms with E-state index in [1.165, 1.54) is 35.2 Å². The van der Waals surface area contributed by atoms with Crippen molar-refractivity contribution in [2.45, 2.75) is 44.9 Å². The first-order valence-electron chi connectivity index (χ1n) is 9.71. The number of hydrogen-bond acceptors (Lipinski definition) is 4. The number of imidazole rings is 1. The highest BCUT2D eigenvalue weighted by Crippen LogP contribution is 2.27. The molecule has 0 aliphatic heterocycles.